The molecule has 0 unspecified atom stereocenters. The number of piperidine rings is 1. The molecule has 2 heterocycles. The molecule has 1 aliphatic heterocycles. The van der Waals surface area contributed by atoms with Crippen molar-refractivity contribution in [2.24, 2.45) is 5.92 Å². The van der Waals surface area contributed by atoms with Crippen LogP contribution < -0.4 is 5.32 Å². The maximum Gasteiger partial charge on any atom is 0.0948 e. The van der Waals surface area contributed by atoms with Crippen LogP contribution in [0.3, 0.4) is 0 Å². The lowest BCUT2D eigenvalue weighted by Gasteiger charge is -2.31. The molecule has 0 aromatic carbocycles. The van der Waals surface area contributed by atoms with Crippen molar-refractivity contribution in [2.75, 3.05) is 27.2 Å². The van der Waals surface area contributed by atoms with Gasteiger partial charge in [-0.15, -0.1) is 0 Å². The van der Waals surface area contributed by atoms with Crippen molar-refractivity contribution in [1.29, 1.82) is 0 Å². The van der Waals surface area contributed by atoms with E-state index in [1.165, 1.54) is 31.6 Å². The van der Waals surface area contributed by atoms with Gasteiger partial charge in [0.2, 0.25) is 0 Å². The summed E-state index contributed by atoms with van der Waals surface area (Å²) in [4.78, 5) is 6.75. The smallest absolute Gasteiger partial charge is 0.0948 e. The summed E-state index contributed by atoms with van der Waals surface area (Å²) in [6.07, 6.45) is 6.57. The molecular weight excluding hydrogens is 224 g/mol. The monoisotopic (exact) mass is 250 g/mol. The number of likely N-dealkylation sites (tertiary alicyclic amines) is 1. The molecule has 0 radical (unpaired) electrons. The lowest BCUT2D eigenvalue weighted by atomic mass is 9.96. The topological polar surface area (TPSA) is 33.1 Å². The van der Waals surface area contributed by atoms with E-state index in [-0.39, 0.29) is 5.54 Å². The highest BCUT2D eigenvalue weighted by atomic mass is 15.1. The molecule has 2 rings (SSSR count). The quantitative estimate of drug-likeness (QED) is 0.882. The molecule has 1 aromatic rings. The molecule has 0 spiro atoms. The first-order chi connectivity index (χ1) is 8.53. The Kier molecular flexibility index (Phi) is 4.07. The highest BCUT2D eigenvalue weighted by molar-refractivity contribution is 5.11. The SMILES string of the molecule is CNC(C)(C)c1cncn1CC1CCN(C)CC1. The number of aromatic nitrogens is 2. The Morgan fingerprint density at radius 1 is 1.39 bits per heavy atom. The Morgan fingerprint density at radius 2 is 2.06 bits per heavy atom. The van der Waals surface area contributed by atoms with Gasteiger partial charge in [-0.1, -0.05) is 0 Å². The molecule has 0 bridgehead atoms. The third-order valence-electron chi connectivity index (χ3n) is 4.27. The molecule has 1 aliphatic rings. The van der Waals surface area contributed by atoms with E-state index in [9.17, 15) is 0 Å². The predicted octanol–water partition coefficient (Wildman–Crippen LogP) is 1.68. The van der Waals surface area contributed by atoms with Gasteiger partial charge in [-0.25, -0.2) is 4.98 Å². The van der Waals surface area contributed by atoms with Crippen molar-refractivity contribution >= 4 is 0 Å². The van der Waals surface area contributed by atoms with Crippen LogP contribution in [0.15, 0.2) is 12.5 Å². The van der Waals surface area contributed by atoms with Crippen molar-refractivity contribution in [1.82, 2.24) is 19.8 Å². The Hall–Kier alpha value is -0.870. The molecule has 1 N–H and O–H groups in total. The summed E-state index contributed by atoms with van der Waals surface area (Å²) in [7, 11) is 4.22. The third kappa shape index (κ3) is 2.93. The van der Waals surface area contributed by atoms with Gasteiger partial charge in [0.15, 0.2) is 0 Å². The van der Waals surface area contributed by atoms with Gasteiger partial charge >= 0.3 is 0 Å². The van der Waals surface area contributed by atoms with Crippen LogP contribution in [0.1, 0.15) is 32.4 Å². The maximum absolute atomic E-state index is 4.33. The van der Waals surface area contributed by atoms with E-state index in [4.69, 9.17) is 0 Å². The van der Waals surface area contributed by atoms with Crippen molar-refractivity contribution in [3.63, 3.8) is 0 Å². The van der Waals surface area contributed by atoms with Crippen LogP contribution in [-0.2, 0) is 12.1 Å². The highest BCUT2D eigenvalue weighted by Gasteiger charge is 2.24. The molecule has 0 aliphatic carbocycles. The second-order valence-electron chi connectivity index (χ2n) is 6.05. The zero-order valence-electron chi connectivity index (χ0n) is 12.1. The van der Waals surface area contributed by atoms with Crippen molar-refractivity contribution < 1.29 is 0 Å². The molecule has 4 nitrogen and oxygen atoms in total. The van der Waals surface area contributed by atoms with E-state index < -0.39 is 0 Å². The molecule has 102 valence electrons. The van der Waals surface area contributed by atoms with E-state index in [1.807, 2.05) is 19.6 Å². The number of rotatable bonds is 4. The summed E-state index contributed by atoms with van der Waals surface area (Å²) < 4.78 is 2.33. The molecular formula is C14H26N4. The minimum absolute atomic E-state index is 0.0119. The molecule has 0 atom stereocenters. The van der Waals surface area contributed by atoms with E-state index in [0.717, 1.165) is 12.5 Å². The summed E-state index contributed by atoms with van der Waals surface area (Å²) in [6.45, 7) is 7.97. The zero-order valence-corrected chi connectivity index (χ0v) is 12.1. The van der Waals surface area contributed by atoms with Crippen molar-refractivity contribution in [2.45, 2.75) is 38.8 Å². The van der Waals surface area contributed by atoms with Gasteiger partial charge in [0.1, 0.15) is 0 Å². The molecule has 1 aromatic heterocycles. The zero-order chi connectivity index (χ0) is 13.2. The van der Waals surface area contributed by atoms with Gasteiger partial charge in [0.05, 0.1) is 17.6 Å². The van der Waals surface area contributed by atoms with Gasteiger partial charge in [0, 0.05) is 12.7 Å². The summed E-state index contributed by atoms with van der Waals surface area (Å²) in [6, 6.07) is 0. The lowest BCUT2D eigenvalue weighted by Crippen LogP contribution is -2.37. The van der Waals surface area contributed by atoms with Gasteiger partial charge in [-0.3, -0.25) is 0 Å². The molecule has 1 fully saturated rings. The van der Waals surface area contributed by atoms with Crippen LogP contribution in [-0.4, -0.2) is 41.6 Å². The first-order valence-corrected chi connectivity index (χ1v) is 6.91. The van der Waals surface area contributed by atoms with E-state index in [0.29, 0.717) is 0 Å². The van der Waals surface area contributed by atoms with Crippen molar-refractivity contribution in [3.05, 3.63) is 18.2 Å². The normalized spacial score (nSPS) is 19.3. The molecule has 1 saturated heterocycles. The predicted molar refractivity (Wildman–Crippen MR) is 74.5 cm³/mol. The first kappa shape index (κ1) is 13.6. The number of hydrogen-bond acceptors (Lipinski definition) is 3. The van der Waals surface area contributed by atoms with Crippen LogP contribution in [0.4, 0.5) is 0 Å². The van der Waals surface area contributed by atoms with Gasteiger partial charge in [-0.2, -0.15) is 0 Å². The lowest BCUT2D eigenvalue weighted by molar-refractivity contribution is 0.202. The molecule has 0 amide bonds. The van der Waals surface area contributed by atoms with E-state index in [2.05, 4.69) is 40.7 Å². The fourth-order valence-electron chi connectivity index (χ4n) is 2.64. The standard InChI is InChI=1S/C14H26N4/c1-14(2,15-3)13-9-16-11-18(13)10-12-5-7-17(4)8-6-12/h9,11-12,15H,5-8,10H2,1-4H3. The number of imidazole rings is 1. The summed E-state index contributed by atoms with van der Waals surface area (Å²) in [5.41, 5.74) is 1.27. The van der Waals surface area contributed by atoms with Crippen LogP contribution in [0.25, 0.3) is 0 Å². The Morgan fingerprint density at radius 3 is 2.67 bits per heavy atom. The molecule has 18 heavy (non-hydrogen) atoms. The van der Waals surface area contributed by atoms with E-state index in [1.54, 1.807) is 0 Å². The fourth-order valence-corrected chi connectivity index (χ4v) is 2.64. The maximum atomic E-state index is 4.33. The molecule has 0 saturated carbocycles. The van der Waals surface area contributed by atoms with Crippen LogP contribution in [0.5, 0.6) is 0 Å². The minimum atomic E-state index is -0.0119. The Bertz CT molecular complexity index is 375. The van der Waals surface area contributed by atoms with Crippen molar-refractivity contribution in [3.8, 4) is 0 Å². The van der Waals surface area contributed by atoms with Gasteiger partial charge in [0.25, 0.3) is 0 Å². The minimum Gasteiger partial charge on any atom is -0.333 e. The second kappa shape index (κ2) is 5.41. The number of hydrogen-bond donors (Lipinski definition) is 1. The summed E-state index contributed by atoms with van der Waals surface area (Å²) in [5.74, 6) is 0.793. The van der Waals surface area contributed by atoms with Crippen LogP contribution >= 0.6 is 0 Å². The Balaban J connectivity index is 2.04. The van der Waals surface area contributed by atoms with E-state index >= 15 is 0 Å². The van der Waals surface area contributed by atoms with Gasteiger partial charge in [-0.05, 0) is 59.8 Å². The Labute approximate surface area is 110 Å². The van der Waals surface area contributed by atoms with Crippen LogP contribution in [0, 0.1) is 5.92 Å². The third-order valence-corrected chi connectivity index (χ3v) is 4.27. The first-order valence-electron chi connectivity index (χ1n) is 6.91. The number of nitrogens with zero attached hydrogens (tertiary/aromatic N) is 3. The summed E-state index contributed by atoms with van der Waals surface area (Å²) in [5, 5.41) is 3.36. The molecule has 4 heteroatoms. The number of nitrogens with one attached hydrogen (secondary N) is 1. The summed E-state index contributed by atoms with van der Waals surface area (Å²) >= 11 is 0. The second-order valence-corrected chi connectivity index (χ2v) is 6.05. The largest absolute Gasteiger partial charge is 0.333 e. The van der Waals surface area contributed by atoms with Crippen LogP contribution in [0.2, 0.25) is 0 Å². The fraction of sp³-hybridized carbons (Fsp3) is 0.786. The average Bonchev–Trinajstić information content (AvgIpc) is 2.81. The highest BCUT2D eigenvalue weighted by Crippen LogP contribution is 2.23. The average molecular weight is 250 g/mol. The van der Waals surface area contributed by atoms with Gasteiger partial charge < -0.3 is 14.8 Å².